The van der Waals surface area contributed by atoms with Crippen molar-refractivity contribution in [2.45, 2.75) is 64.4 Å². The number of alkyl carbamates (subject to hydrolysis) is 1. The molecule has 0 aliphatic heterocycles. The summed E-state index contributed by atoms with van der Waals surface area (Å²) in [7, 11) is 0. The van der Waals surface area contributed by atoms with E-state index in [1.165, 1.54) is 12.1 Å². The molecule has 6 nitrogen and oxygen atoms in total. The fraction of sp³-hybridized carbons (Fsp3) is 0.579. The van der Waals surface area contributed by atoms with Gasteiger partial charge in [0.1, 0.15) is 11.6 Å². The molecule has 0 aliphatic carbocycles. The third-order valence-electron chi connectivity index (χ3n) is 4.04. The Morgan fingerprint density at radius 1 is 1.25 bits per heavy atom. The van der Waals surface area contributed by atoms with Crippen LogP contribution in [0.15, 0.2) is 24.3 Å². The molecular weight excluding hydrogens is 375 g/mol. The maximum absolute atomic E-state index is 12.8. The summed E-state index contributed by atoms with van der Waals surface area (Å²) in [6.07, 6.45) is -3.36. The van der Waals surface area contributed by atoms with Crippen molar-refractivity contribution in [1.29, 1.82) is 0 Å². The Morgan fingerprint density at radius 2 is 1.93 bits per heavy atom. The van der Waals surface area contributed by atoms with E-state index in [2.05, 4.69) is 10.6 Å². The van der Waals surface area contributed by atoms with Crippen LogP contribution in [0.3, 0.4) is 0 Å². The van der Waals surface area contributed by atoms with Crippen molar-refractivity contribution in [2.75, 3.05) is 6.54 Å². The van der Waals surface area contributed by atoms with Gasteiger partial charge in [-0.15, -0.1) is 0 Å². The monoisotopic (exact) mass is 403 g/mol. The van der Waals surface area contributed by atoms with Crippen molar-refractivity contribution >= 4 is 12.0 Å². The van der Waals surface area contributed by atoms with Gasteiger partial charge in [-0.05, 0) is 38.0 Å². The summed E-state index contributed by atoms with van der Waals surface area (Å²) in [5.74, 6) is -0.492. The number of carbonyl (C=O) groups is 2. The Morgan fingerprint density at radius 3 is 2.50 bits per heavy atom. The molecule has 0 saturated carbocycles. The van der Waals surface area contributed by atoms with Crippen LogP contribution >= 0.6 is 0 Å². The lowest BCUT2D eigenvalue weighted by Gasteiger charge is -2.25. The van der Waals surface area contributed by atoms with Crippen molar-refractivity contribution in [1.82, 2.24) is 10.6 Å². The number of unbranched alkanes of at least 4 members (excludes halogenated alkanes) is 1. The maximum Gasteiger partial charge on any atom is 0.416 e. The van der Waals surface area contributed by atoms with Crippen LogP contribution in [-0.4, -0.2) is 30.2 Å². The summed E-state index contributed by atoms with van der Waals surface area (Å²) in [5.41, 5.74) is 4.16. The number of carbonyl (C=O) groups excluding carboxylic acids is 2. The molecule has 1 aromatic rings. The Labute approximate surface area is 163 Å². The van der Waals surface area contributed by atoms with E-state index in [1.54, 1.807) is 13.8 Å². The number of benzene rings is 1. The highest BCUT2D eigenvalue weighted by Gasteiger charge is 2.30. The first-order valence-electron chi connectivity index (χ1n) is 9.12. The van der Waals surface area contributed by atoms with Gasteiger partial charge >= 0.3 is 12.3 Å². The largest absolute Gasteiger partial charge is 0.442 e. The van der Waals surface area contributed by atoms with Gasteiger partial charge in [-0.25, -0.2) is 4.79 Å². The minimum absolute atomic E-state index is 0.0869. The molecule has 0 spiro atoms. The summed E-state index contributed by atoms with van der Waals surface area (Å²) in [4.78, 5) is 24.5. The highest BCUT2D eigenvalue weighted by Crippen LogP contribution is 2.29. The molecule has 0 aromatic heterocycles. The van der Waals surface area contributed by atoms with Crippen LogP contribution in [0, 0.1) is 0 Å². The summed E-state index contributed by atoms with van der Waals surface area (Å²) < 4.78 is 43.5. The predicted molar refractivity (Wildman–Crippen MR) is 99.4 cm³/mol. The molecule has 1 atom stereocenters. The van der Waals surface area contributed by atoms with Crippen molar-refractivity contribution < 1.29 is 27.5 Å². The Balaban J connectivity index is 2.73. The zero-order valence-corrected chi connectivity index (χ0v) is 16.4. The third-order valence-corrected chi connectivity index (χ3v) is 4.04. The first-order valence-corrected chi connectivity index (χ1v) is 9.12. The molecule has 0 bridgehead atoms. The molecule has 9 heteroatoms. The molecule has 1 unspecified atom stereocenters. The quantitative estimate of drug-likeness (QED) is 0.590. The lowest BCUT2D eigenvalue weighted by molar-refractivity contribution is -0.137. The molecule has 28 heavy (non-hydrogen) atoms. The van der Waals surface area contributed by atoms with E-state index in [-0.39, 0.29) is 13.1 Å². The zero-order chi connectivity index (χ0) is 21.4. The average Bonchev–Trinajstić information content (AvgIpc) is 2.62. The number of amides is 2. The lowest BCUT2D eigenvalue weighted by Crippen LogP contribution is -2.49. The molecule has 158 valence electrons. The molecule has 4 N–H and O–H groups in total. The summed E-state index contributed by atoms with van der Waals surface area (Å²) in [6.45, 7) is 5.24. The smallest absolute Gasteiger partial charge is 0.416 e. The van der Waals surface area contributed by atoms with Crippen LogP contribution in [0.4, 0.5) is 18.0 Å². The van der Waals surface area contributed by atoms with Gasteiger partial charge in [0.2, 0.25) is 5.91 Å². The first-order chi connectivity index (χ1) is 13.0. The number of hydrogen-bond donors (Lipinski definition) is 3. The molecule has 1 aromatic carbocycles. The van der Waals surface area contributed by atoms with Gasteiger partial charge in [0, 0.05) is 13.1 Å². The van der Waals surface area contributed by atoms with Gasteiger partial charge in [-0.2, -0.15) is 13.2 Å². The highest BCUT2D eigenvalue weighted by atomic mass is 19.4. The molecule has 0 heterocycles. The molecule has 0 aliphatic rings. The van der Waals surface area contributed by atoms with Crippen LogP contribution in [0.25, 0.3) is 0 Å². The number of ether oxygens (including phenoxy) is 1. The predicted octanol–water partition coefficient (Wildman–Crippen LogP) is 3.34. The zero-order valence-electron chi connectivity index (χ0n) is 16.4. The Bertz CT molecular complexity index is 663. The summed E-state index contributed by atoms with van der Waals surface area (Å²) in [5, 5.41) is 5.07. The second-order valence-electron chi connectivity index (χ2n) is 7.11. The lowest BCUT2D eigenvalue weighted by atomic mass is 10.1. The number of halogens is 3. The van der Waals surface area contributed by atoms with Crippen molar-refractivity contribution in [3.8, 4) is 0 Å². The van der Waals surface area contributed by atoms with Crippen LogP contribution in [-0.2, 0) is 22.3 Å². The normalized spacial score (nSPS) is 13.0. The molecule has 1 rings (SSSR count). The molecule has 0 radical (unpaired) electrons. The fourth-order valence-electron chi connectivity index (χ4n) is 2.31. The summed E-state index contributed by atoms with van der Waals surface area (Å²) >= 11 is 0. The second-order valence-corrected chi connectivity index (χ2v) is 7.11. The third kappa shape index (κ3) is 8.16. The minimum atomic E-state index is -4.45. The second kappa shape index (κ2) is 10.3. The molecule has 0 fully saturated rings. The van der Waals surface area contributed by atoms with E-state index in [9.17, 15) is 22.8 Å². The van der Waals surface area contributed by atoms with Crippen molar-refractivity contribution in [3.05, 3.63) is 35.4 Å². The Hall–Kier alpha value is -2.29. The first kappa shape index (κ1) is 23.7. The highest BCUT2D eigenvalue weighted by molar-refractivity contribution is 5.85. The van der Waals surface area contributed by atoms with E-state index >= 15 is 0 Å². The number of alkyl halides is 3. The number of nitrogens with one attached hydrogen (secondary N) is 2. The van der Waals surface area contributed by atoms with Crippen molar-refractivity contribution in [2.24, 2.45) is 5.73 Å². The van der Waals surface area contributed by atoms with E-state index in [0.717, 1.165) is 18.6 Å². The van der Waals surface area contributed by atoms with E-state index < -0.39 is 35.4 Å². The van der Waals surface area contributed by atoms with Gasteiger partial charge in [0.15, 0.2) is 0 Å². The van der Waals surface area contributed by atoms with Crippen LogP contribution < -0.4 is 16.4 Å². The van der Waals surface area contributed by atoms with Gasteiger partial charge in [-0.3, -0.25) is 4.79 Å². The van der Waals surface area contributed by atoms with Gasteiger partial charge < -0.3 is 21.1 Å². The van der Waals surface area contributed by atoms with Crippen LogP contribution in [0.5, 0.6) is 0 Å². The number of hydrogen-bond acceptors (Lipinski definition) is 4. The van der Waals surface area contributed by atoms with Crippen LogP contribution in [0.2, 0.25) is 0 Å². The SMILES string of the molecule is CCCCC(NC(=O)OC(C)(C)CN)C(=O)NCc1cccc(C(F)(F)F)c1. The fourth-order valence-corrected chi connectivity index (χ4v) is 2.31. The maximum atomic E-state index is 12.8. The van der Waals surface area contributed by atoms with E-state index in [1.807, 2.05) is 6.92 Å². The summed E-state index contributed by atoms with van der Waals surface area (Å²) in [6, 6.07) is 3.86. The van der Waals surface area contributed by atoms with Gasteiger partial charge in [-0.1, -0.05) is 31.9 Å². The van der Waals surface area contributed by atoms with Crippen LogP contribution in [0.1, 0.15) is 51.2 Å². The number of rotatable bonds is 9. The molecule has 2 amide bonds. The van der Waals surface area contributed by atoms with E-state index in [4.69, 9.17) is 10.5 Å². The van der Waals surface area contributed by atoms with Crippen molar-refractivity contribution in [3.63, 3.8) is 0 Å². The van der Waals surface area contributed by atoms with Gasteiger partial charge in [0.25, 0.3) is 0 Å². The number of nitrogens with two attached hydrogens (primary N) is 1. The minimum Gasteiger partial charge on any atom is -0.442 e. The molecular formula is C19H28F3N3O3. The molecule has 0 saturated heterocycles. The standard InChI is InChI=1S/C19H28F3N3O3/c1-4-5-9-15(25-17(27)28-18(2,3)12-23)16(26)24-11-13-7-6-8-14(10-13)19(20,21)22/h6-8,10,15H,4-5,9,11-12,23H2,1-3H3,(H,24,26)(H,25,27). The topological polar surface area (TPSA) is 93.4 Å². The average molecular weight is 403 g/mol. The Kier molecular flexibility index (Phi) is 8.74. The van der Waals surface area contributed by atoms with E-state index in [0.29, 0.717) is 18.4 Å². The van der Waals surface area contributed by atoms with Gasteiger partial charge in [0.05, 0.1) is 5.56 Å².